The van der Waals surface area contributed by atoms with Gasteiger partial charge in [-0.25, -0.2) is 19.7 Å². The van der Waals surface area contributed by atoms with Crippen molar-refractivity contribution in [3.8, 4) is 11.1 Å². The van der Waals surface area contributed by atoms with Crippen molar-refractivity contribution in [1.29, 1.82) is 0 Å². The van der Waals surface area contributed by atoms with Gasteiger partial charge in [-0.05, 0) is 67.0 Å². The average Bonchev–Trinajstić information content (AvgIpc) is 3.85. The summed E-state index contributed by atoms with van der Waals surface area (Å²) in [6.45, 7) is 4.65. The van der Waals surface area contributed by atoms with Crippen LogP contribution in [-0.2, 0) is 25.5 Å². The molecule has 2 aliphatic heterocycles. The van der Waals surface area contributed by atoms with E-state index in [1.54, 1.807) is 23.4 Å². The number of rotatable bonds is 11. The predicted molar refractivity (Wildman–Crippen MR) is 195 cm³/mol. The van der Waals surface area contributed by atoms with Gasteiger partial charge in [-0.15, -0.1) is 0 Å². The van der Waals surface area contributed by atoms with Crippen LogP contribution in [0, 0.1) is 5.92 Å². The summed E-state index contributed by atoms with van der Waals surface area (Å²) in [5, 5.41) is 20.2. The Hall–Kier alpha value is -5.63. The molecule has 52 heavy (non-hydrogen) atoms. The molecule has 4 atom stereocenters. The lowest BCUT2D eigenvalue weighted by Gasteiger charge is -2.30. The Labute approximate surface area is 302 Å². The predicted octanol–water partition coefficient (Wildman–Crippen LogP) is 3.97. The van der Waals surface area contributed by atoms with E-state index in [0.717, 1.165) is 28.5 Å². The normalized spacial score (nSPS) is 18.2. The molecular formula is C38H44N8O6. The quantitative estimate of drug-likeness (QED) is 0.167. The van der Waals surface area contributed by atoms with Crippen LogP contribution in [0.25, 0.3) is 22.0 Å². The maximum Gasteiger partial charge on any atom is 0.407 e. The topological polar surface area (TPSA) is 179 Å². The third kappa shape index (κ3) is 8.28. The highest BCUT2D eigenvalue weighted by atomic mass is 16.5. The number of ether oxygens (including phenoxy) is 1. The summed E-state index contributed by atoms with van der Waals surface area (Å²) in [4.78, 5) is 68.3. The lowest BCUT2D eigenvalue weighted by atomic mass is 10.0. The second-order valence-electron chi connectivity index (χ2n) is 13.5. The molecule has 2 aromatic heterocycles. The molecule has 2 fully saturated rings. The van der Waals surface area contributed by atoms with Gasteiger partial charge in [0.1, 0.15) is 24.1 Å². The van der Waals surface area contributed by atoms with E-state index in [9.17, 15) is 24.3 Å². The zero-order chi connectivity index (χ0) is 36.8. The van der Waals surface area contributed by atoms with E-state index in [2.05, 4.69) is 35.6 Å². The third-order valence-corrected chi connectivity index (χ3v) is 9.61. The molecule has 2 aromatic carbocycles. The van der Waals surface area contributed by atoms with Crippen molar-refractivity contribution < 1.29 is 29.0 Å². The Balaban J connectivity index is 1.07. The van der Waals surface area contributed by atoms with Crippen molar-refractivity contribution in [1.82, 2.24) is 30.1 Å². The number of fused-ring (bicyclic) bond motifs is 1. The SMILES string of the molecule is COC(=O)NC(C(=O)N1CCCC1C(=O)Nc1ccc2cc(-c3cnc(NC(O)C4CCCN4C(=O)Cc4ccccc4)nc3)ccc2n1)C(C)C. The van der Waals surface area contributed by atoms with Crippen LogP contribution in [0.1, 0.15) is 45.1 Å². The van der Waals surface area contributed by atoms with Gasteiger partial charge in [-0.1, -0.05) is 50.2 Å². The molecule has 4 amide bonds. The number of aliphatic hydroxyl groups is 1. The van der Waals surface area contributed by atoms with Gasteiger partial charge in [0.25, 0.3) is 0 Å². The summed E-state index contributed by atoms with van der Waals surface area (Å²) in [6.07, 6.45) is 4.54. The van der Waals surface area contributed by atoms with E-state index in [4.69, 9.17) is 0 Å². The maximum absolute atomic E-state index is 13.4. The van der Waals surface area contributed by atoms with Gasteiger partial charge < -0.3 is 35.6 Å². The molecule has 0 saturated carbocycles. The Kier molecular flexibility index (Phi) is 11.2. The second-order valence-corrected chi connectivity index (χ2v) is 13.5. The fourth-order valence-electron chi connectivity index (χ4n) is 6.85. The number of aromatic nitrogens is 3. The van der Waals surface area contributed by atoms with Crippen LogP contribution in [-0.4, -0.2) is 98.2 Å². The number of amides is 4. The number of hydrogen-bond donors (Lipinski definition) is 4. The van der Waals surface area contributed by atoms with Crippen LogP contribution in [0.2, 0.25) is 0 Å². The van der Waals surface area contributed by atoms with Crippen molar-refractivity contribution in [3.63, 3.8) is 0 Å². The van der Waals surface area contributed by atoms with Crippen molar-refractivity contribution in [2.24, 2.45) is 5.92 Å². The molecular weight excluding hydrogens is 664 g/mol. The molecule has 14 nitrogen and oxygen atoms in total. The van der Waals surface area contributed by atoms with Gasteiger partial charge in [0.15, 0.2) is 0 Å². The van der Waals surface area contributed by atoms with E-state index in [0.29, 0.717) is 43.7 Å². The monoisotopic (exact) mass is 708 g/mol. The van der Waals surface area contributed by atoms with Gasteiger partial charge in [0.2, 0.25) is 23.7 Å². The summed E-state index contributed by atoms with van der Waals surface area (Å²) < 4.78 is 4.68. The van der Waals surface area contributed by atoms with Crippen molar-refractivity contribution in [2.45, 2.75) is 70.3 Å². The Bertz CT molecular complexity index is 1910. The number of aliphatic hydroxyl groups excluding tert-OH is 1. The molecule has 0 radical (unpaired) electrons. The van der Waals surface area contributed by atoms with E-state index in [1.807, 2.05) is 68.4 Å². The van der Waals surface area contributed by atoms with E-state index < -0.39 is 24.4 Å². The Morgan fingerprint density at radius 2 is 1.65 bits per heavy atom. The Morgan fingerprint density at radius 3 is 2.38 bits per heavy atom. The first kappa shape index (κ1) is 36.2. The van der Waals surface area contributed by atoms with Crippen LogP contribution in [0.4, 0.5) is 16.6 Å². The molecule has 0 aliphatic carbocycles. The number of methoxy groups -OCH3 is 1. The largest absolute Gasteiger partial charge is 0.453 e. The Morgan fingerprint density at radius 1 is 0.923 bits per heavy atom. The van der Waals surface area contributed by atoms with E-state index in [-0.39, 0.29) is 42.1 Å². The van der Waals surface area contributed by atoms with Crippen LogP contribution in [0.15, 0.2) is 73.1 Å². The van der Waals surface area contributed by atoms with Crippen LogP contribution >= 0.6 is 0 Å². The fraction of sp³-hybridized carbons (Fsp3) is 0.395. The number of benzene rings is 2. The van der Waals surface area contributed by atoms with Crippen LogP contribution < -0.4 is 16.0 Å². The van der Waals surface area contributed by atoms with E-state index in [1.165, 1.54) is 12.0 Å². The summed E-state index contributed by atoms with van der Waals surface area (Å²) >= 11 is 0. The summed E-state index contributed by atoms with van der Waals surface area (Å²) in [7, 11) is 1.24. The van der Waals surface area contributed by atoms with Crippen LogP contribution in [0.3, 0.4) is 0 Å². The van der Waals surface area contributed by atoms with Crippen LogP contribution in [0.5, 0.6) is 0 Å². The van der Waals surface area contributed by atoms with E-state index >= 15 is 0 Å². The van der Waals surface area contributed by atoms with Gasteiger partial charge in [-0.3, -0.25) is 14.4 Å². The standard InChI is InChI=1S/C38H44N8O6/c1-23(2)33(43-38(51)52-3)36(50)46-18-8-12-30(46)34(48)42-31-16-14-26-20-25(13-15-28(26)41-31)27-21-39-37(40-22-27)44-35(49)29-11-7-17-45(29)32(47)19-24-9-5-4-6-10-24/h4-6,9-10,13-16,20-23,29-30,33,35,49H,7-8,11-12,17-19H2,1-3H3,(H,43,51)(H,39,40,44)(H,41,42,48). The first-order valence-electron chi connectivity index (χ1n) is 17.6. The highest BCUT2D eigenvalue weighted by molar-refractivity contribution is 5.99. The zero-order valence-electron chi connectivity index (χ0n) is 29.5. The lowest BCUT2D eigenvalue weighted by molar-refractivity contribution is -0.139. The summed E-state index contributed by atoms with van der Waals surface area (Å²) in [5.74, 6) is -0.280. The molecule has 4 N–H and O–H groups in total. The number of likely N-dealkylation sites (tertiary alicyclic amines) is 2. The molecule has 2 aliphatic rings. The molecule has 14 heteroatoms. The highest BCUT2D eigenvalue weighted by Crippen LogP contribution is 2.27. The number of pyridine rings is 1. The van der Waals surface area contributed by atoms with Gasteiger partial charge in [0.05, 0.1) is 25.1 Å². The van der Waals surface area contributed by atoms with Crippen molar-refractivity contribution >= 4 is 46.5 Å². The maximum atomic E-state index is 13.4. The molecule has 4 heterocycles. The second kappa shape index (κ2) is 16.1. The number of nitrogens with zero attached hydrogens (tertiary/aromatic N) is 5. The number of hydrogen-bond acceptors (Lipinski definition) is 10. The van der Waals surface area contributed by atoms with Gasteiger partial charge >= 0.3 is 6.09 Å². The smallest absolute Gasteiger partial charge is 0.407 e. The van der Waals surface area contributed by atoms with Crippen molar-refractivity contribution in [2.75, 3.05) is 30.8 Å². The third-order valence-electron chi connectivity index (χ3n) is 9.61. The number of carbonyl (C=O) groups is 4. The average molecular weight is 709 g/mol. The highest BCUT2D eigenvalue weighted by Gasteiger charge is 2.39. The molecule has 6 rings (SSSR count). The fourth-order valence-corrected chi connectivity index (χ4v) is 6.85. The minimum absolute atomic E-state index is 0.0234. The number of nitrogens with one attached hydrogen (secondary N) is 3. The van der Waals surface area contributed by atoms with Gasteiger partial charge in [-0.2, -0.15) is 0 Å². The molecule has 4 unspecified atom stereocenters. The molecule has 272 valence electrons. The lowest BCUT2D eigenvalue weighted by Crippen LogP contribution is -2.54. The zero-order valence-corrected chi connectivity index (χ0v) is 29.5. The molecule has 0 bridgehead atoms. The summed E-state index contributed by atoms with van der Waals surface area (Å²) in [6, 6.07) is 16.9. The minimum Gasteiger partial charge on any atom is -0.453 e. The first-order chi connectivity index (χ1) is 25.1. The number of anilines is 2. The summed E-state index contributed by atoms with van der Waals surface area (Å²) in [5.41, 5.74) is 3.21. The molecule has 0 spiro atoms. The van der Waals surface area contributed by atoms with Crippen molar-refractivity contribution in [3.05, 3.63) is 78.6 Å². The number of carbonyl (C=O) groups excluding carboxylic acids is 4. The molecule has 4 aromatic rings. The number of alkyl carbamates (subject to hydrolysis) is 1. The molecule has 2 saturated heterocycles. The first-order valence-corrected chi connectivity index (χ1v) is 17.6. The minimum atomic E-state index is -1.02. The van der Waals surface area contributed by atoms with Gasteiger partial charge in [0, 0.05) is 36.4 Å².